The highest BCUT2D eigenvalue weighted by Gasteiger charge is 2.25. The van der Waals surface area contributed by atoms with Gasteiger partial charge in [-0.1, -0.05) is 45.0 Å². The standard InChI is InChI=1S/C30H34N4O4S/c1-18(27(36)34-32-17-19-9-13-21(14-10-19)30(2,3)4)38-22-15-11-20(12-16-22)28(37)33-29-25(26(31)35)23-7-5-6-8-24(23)39-29/h9-18H,5-8H2,1-4H3,(H2,31,35)(H,33,37)(H,34,36)/b32-17+. The number of nitrogens with two attached hydrogens (primary N) is 1. The molecule has 0 bridgehead atoms. The molecule has 1 unspecified atom stereocenters. The lowest BCUT2D eigenvalue weighted by atomic mass is 9.87. The van der Waals surface area contributed by atoms with Gasteiger partial charge in [-0.15, -0.1) is 11.3 Å². The first kappa shape index (κ1) is 28.0. The molecule has 4 N–H and O–H groups in total. The quantitative estimate of drug-likeness (QED) is 0.266. The van der Waals surface area contributed by atoms with E-state index in [2.05, 4.69) is 36.6 Å². The Morgan fingerprint density at radius 3 is 2.33 bits per heavy atom. The number of rotatable bonds is 8. The summed E-state index contributed by atoms with van der Waals surface area (Å²) in [6, 6.07) is 14.4. The molecule has 0 radical (unpaired) electrons. The number of primary amides is 1. The summed E-state index contributed by atoms with van der Waals surface area (Å²) in [5.74, 6) is -0.845. The van der Waals surface area contributed by atoms with Gasteiger partial charge in [0.15, 0.2) is 6.10 Å². The minimum absolute atomic E-state index is 0.0662. The van der Waals surface area contributed by atoms with Gasteiger partial charge in [0.25, 0.3) is 17.7 Å². The molecule has 0 aliphatic heterocycles. The van der Waals surface area contributed by atoms with Crippen molar-refractivity contribution in [1.29, 1.82) is 0 Å². The molecular weight excluding hydrogens is 512 g/mol. The third-order valence-corrected chi connectivity index (χ3v) is 7.82. The Kier molecular flexibility index (Phi) is 8.50. The van der Waals surface area contributed by atoms with E-state index in [4.69, 9.17) is 10.5 Å². The Morgan fingerprint density at radius 1 is 1.03 bits per heavy atom. The number of nitrogens with zero attached hydrogens (tertiary/aromatic N) is 1. The van der Waals surface area contributed by atoms with Crippen molar-refractivity contribution in [1.82, 2.24) is 5.43 Å². The number of nitrogens with one attached hydrogen (secondary N) is 2. The van der Waals surface area contributed by atoms with Gasteiger partial charge in [0.2, 0.25) is 0 Å². The molecule has 0 saturated heterocycles. The van der Waals surface area contributed by atoms with Gasteiger partial charge in [0, 0.05) is 10.4 Å². The summed E-state index contributed by atoms with van der Waals surface area (Å²) < 4.78 is 5.71. The van der Waals surface area contributed by atoms with Crippen molar-refractivity contribution in [3.8, 4) is 5.75 Å². The molecule has 39 heavy (non-hydrogen) atoms. The number of aryl methyl sites for hydroxylation is 1. The van der Waals surface area contributed by atoms with Crippen molar-refractivity contribution in [3.05, 3.63) is 81.2 Å². The highest BCUT2D eigenvalue weighted by molar-refractivity contribution is 7.17. The second-order valence-corrected chi connectivity index (χ2v) is 11.7. The molecule has 1 aliphatic rings. The van der Waals surface area contributed by atoms with E-state index in [9.17, 15) is 14.4 Å². The number of hydrazone groups is 1. The van der Waals surface area contributed by atoms with E-state index in [0.29, 0.717) is 21.9 Å². The summed E-state index contributed by atoms with van der Waals surface area (Å²) in [4.78, 5) is 38.5. The van der Waals surface area contributed by atoms with Crippen LogP contribution in [0.3, 0.4) is 0 Å². The van der Waals surface area contributed by atoms with Crippen LogP contribution in [-0.4, -0.2) is 30.0 Å². The molecule has 0 fully saturated rings. The van der Waals surface area contributed by atoms with Crippen molar-refractivity contribution < 1.29 is 19.1 Å². The van der Waals surface area contributed by atoms with Crippen LogP contribution in [0, 0.1) is 0 Å². The van der Waals surface area contributed by atoms with E-state index < -0.39 is 17.9 Å². The summed E-state index contributed by atoms with van der Waals surface area (Å²) in [6.45, 7) is 8.07. The second kappa shape index (κ2) is 11.8. The third-order valence-electron chi connectivity index (χ3n) is 6.61. The fraction of sp³-hybridized carbons (Fsp3) is 0.333. The van der Waals surface area contributed by atoms with Crippen molar-refractivity contribution in [2.24, 2.45) is 10.8 Å². The van der Waals surface area contributed by atoms with Gasteiger partial charge in [0.1, 0.15) is 10.8 Å². The maximum absolute atomic E-state index is 12.9. The minimum Gasteiger partial charge on any atom is -0.481 e. The number of thiophene rings is 1. The number of amides is 3. The lowest BCUT2D eigenvalue weighted by Crippen LogP contribution is -2.33. The van der Waals surface area contributed by atoms with Crippen LogP contribution in [0.25, 0.3) is 0 Å². The molecule has 8 nitrogen and oxygen atoms in total. The van der Waals surface area contributed by atoms with Crippen molar-refractivity contribution in [2.75, 3.05) is 5.32 Å². The van der Waals surface area contributed by atoms with Crippen LogP contribution in [0.2, 0.25) is 0 Å². The summed E-state index contributed by atoms with van der Waals surface area (Å²) in [5, 5.41) is 7.37. The molecule has 0 spiro atoms. The Bertz CT molecular complexity index is 1390. The highest BCUT2D eigenvalue weighted by Crippen LogP contribution is 2.38. The maximum atomic E-state index is 12.9. The predicted octanol–water partition coefficient (Wildman–Crippen LogP) is 5.19. The molecule has 1 aliphatic carbocycles. The average molecular weight is 547 g/mol. The van der Waals surface area contributed by atoms with Gasteiger partial charge in [-0.3, -0.25) is 14.4 Å². The van der Waals surface area contributed by atoms with Crippen LogP contribution in [0.15, 0.2) is 53.6 Å². The second-order valence-electron chi connectivity index (χ2n) is 10.6. The number of ether oxygens (including phenoxy) is 1. The van der Waals surface area contributed by atoms with Gasteiger partial charge in [-0.05, 0) is 79.0 Å². The van der Waals surface area contributed by atoms with Gasteiger partial charge in [-0.25, -0.2) is 5.43 Å². The Labute approximate surface area is 232 Å². The van der Waals surface area contributed by atoms with Gasteiger partial charge in [0.05, 0.1) is 11.8 Å². The van der Waals surface area contributed by atoms with Crippen LogP contribution in [-0.2, 0) is 23.1 Å². The third kappa shape index (κ3) is 6.92. The average Bonchev–Trinajstić information content (AvgIpc) is 3.26. The SMILES string of the molecule is CC(Oc1ccc(C(=O)Nc2sc3c(c2C(N)=O)CCCC3)cc1)C(=O)N/N=C/c1ccc(C(C)(C)C)cc1. The molecule has 3 aromatic rings. The van der Waals surface area contributed by atoms with E-state index in [1.165, 1.54) is 16.9 Å². The molecule has 0 saturated carbocycles. The van der Waals surface area contributed by atoms with Crippen molar-refractivity contribution in [2.45, 2.75) is 64.9 Å². The molecule has 2 aromatic carbocycles. The zero-order valence-corrected chi connectivity index (χ0v) is 23.5. The lowest BCUT2D eigenvalue weighted by Gasteiger charge is -2.18. The molecule has 1 heterocycles. The lowest BCUT2D eigenvalue weighted by molar-refractivity contribution is -0.127. The monoisotopic (exact) mass is 546 g/mol. The van der Waals surface area contributed by atoms with Gasteiger partial charge in [-0.2, -0.15) is 5.10 Å². The number of fused-ring (bicyclic) bond motifs is 1. The number of anilines is 1. The molecule has 3 amide bonds. The number of carbonyl (C=O) groups excluding carboxylic acids is 3. The number of carbonyl (C=O) groups is 3. The molecule has 204 valence electrons. The summed E-state index contributed by atoms with van der Waals surface area (Å²) in [7, 11) is 0. The van der Waals surface area contributed by atoms with Crippen LogP contribution in [0.5, 0.6) is 5.75 Å². The first-order valence-electron chi connectivity index (χ1n) is 13.0. The zero-order chi connectivity index (χ0) is 28.2. The predicted molar refractivity (Wildman–Crippen MR) is 155 cm³/mol. The van der Waals surface area contributed by atoms with E-state index in [-0.39, 0.29) is 11.3 Å². The molecule has 1 aromatic heterocycles. The first-order chi connectivity index (χ1) is 18.5. The smallest absolute Gasteiger partial charge is 0.280 e. The number of hydrogen-bond donors (Lipinski definition) is 3. The van der Waals surface area contributed by atoms with Crippen LogP contribution in [0.4, 0.5) is 5.00 Å². The maximum Gasteiger partial charge on any atom is 0.280 e. The summed E-state index contributed by atoms with van der Waals surface area (Å²) >= 11 is 1.42. The fourth-order valence-electron chi connectivity index (χ4n) is 4.36. The molecule has 4 rings (SSSR count). The van der Waals surface area contributed by atoms with E-state index in [1.54, 1.807) is 37.4 Å². The fourth-order valence-corrected chi connectivity index (χ4v) is 5.65. The van der Waals surface area contributed by atoms with Gasteiger partial charge < -0.3 is 15.8 Å². The van der Waals surface area contributed by atoms with E-state index in [0.717, 1.165) is 41.7 Å². The Balaban J connectivity index is 1.32. The van der Waals surface area contributed by atoms with Crippen LogP contribution < -0.4 is 21.2 Å². The first-order valence-corrected chi connectivity index (χ1v) is 13.8. The largest absolute Gasteiger partial charge is 0.481 e. The van der Waals surface area contributed by atoms with Crippen LogP contribution in [0.1, 0.15) is 82.8 Å². The Hall–Kier alpha value is -3.98. The zero-order valence-electron chi connectivity index (χ0n) is 22.7. The topological polar surface area (TPSA) is 123 Å². The highest BCUT2D eigenvalue weighted by atomic mass is 32.1. The molecule has 1 atom stereocenters. The summed E-state index contributed by atoms with van der Waals surface area (Å²) in [5.41, 5.74) is 12.1. The van der Waals surface area contributed by atoms with Gasteiger partial charge >= 0.3 is 0 Å². The van der Waals surface area contributed by atoms with E-state index in [1.807, 2.05) is 24.3 Å². The number of benzene rings is 2. The molecular formula is C30H34N4O4S. The van der Waals surface area contributed by atoms with Crippen LogP contribution >= 0.6 is 11.3 Å². The van der Waals surface area contributed by atoms with E-state index >= 15 is 0 Å². The van der Waals surface area contributed by atoms with Crippen molar-refractivity contribution >= 4 is 40.3 Å². The normalized spacial score (nSPS) is 13.9. The summed E-state index contributed by atoms with van der Waals surface area (Å²) in [6.07, 6.45) is 4.54. The van der Waals surface area contributed by atoms with Crippen molar-refractivity contribution in [3.63, 3.8) is 0 Å². The minimum atomic E-state index is -0.805. The Morgan fingerprint density at radius 2 is 1.69 bits per heavy atom. The molecule has 9 heteroatoms. The number of hydrogen-bond acceptors (Lipinski definition) is 6.